The Balaban J connectivity index is 1.59. The number of carbonyl (C=O) groups excluding carboxylic acids is 1. The van der Waals surface area contributed by atoms with E-state index in [1.165, 1.54) is 0 Å². The lowest BCUT2D eigenvalue weighted by molar-refractivity contribution is 0.0916. The summed E-state index contributed by atoms with van der Waals surface area (Å²) in [4.78, 5) is 14.8. The summed E-state index contributed by atoms with van der Waals surface area (Å²) in [6.45, 7) is 6.30. The first kappa shape index (κ1) is 18.3. The van der Waals surface area contributed by atoms with Crippen molar-refractivity contribution < 1.29 is 9.53 Å². The van der Waals surface area contributed by atoms with Gasteiger partial charge in [0.2, 0.25) is 0 Å². The van der Waals surface area contributed by atoms with Crippen LogP contribution in [-0.4, -0.2) is 57.2 Å². The summed E-state index contributed by atoms with van der Waals surface area (Å²) in [6.07, 6.45) is 1.96. The molecule has 1 aliphatic rings. The molecular formula is C18H26N6O2. The number of benzene rings is 1. The fraction of sp³-hybridized carbons (Fsp3) is 0.556. The van der Waals surface area contributed by atoms with E-state index in [-0.39, 0.29) is 24.6 Å². The van der Waals surface area contributed by atoms with E-state index in [4.69, 9.17) is 4.74 Å². The molecule has 1 amide bonds. The van der Waals surface area contributed by atoms with Gasteiger partial charge in [0.25, 0.3) is 5.91 Å². The second kappa shape index (κ2) is 8.27. The Kier molecular flexibility index (Phi) is 5.82. The molecule has 1 aromatic heterocycles. The van der Waals surface area contributed by atoms with Crippen LogP contribution in [0.3, 0.4) is 0 Å². The first-order chi connectivity index (χ1) is 12.5. The molecule has 140 valence electrons. The van der Waals surface area contributed by atoms with Crippen LogP contribution in [0.15, 0.2) is 24.3 Å². The van der Waals surface area contributed by atoms with E-state index in [0.717, 1.165) is 25.9 Å². The van der Waals surface area contributed by atoms with Gasteiger partial charge in [-0.3, -0.25) is 4.79 Å². The van der Waals surface area contributed by atoms with Crippen LogP contribution in [0, 0.1) is 0 Å². The zero-order valence-electron chi connectivity index (χ0n) is 15.6. The van der Waals surface area contributed by atoms with Crippen molar-refractivity contribution in [3.63, 3.8) is 0 Å². The molecule has 8 heteroatoms. The third kappa shape index (κ3) is 4.57. The second-order valence-corrected chi connectivity index (χ2v) is 7.00. The normalized spacial score (nSPS) is 16.0. The third-order valence-corrected chi connectivity index (χ3v) is 4.57. The minimum Gasteiger partial charge on any atom is -0.486 e. The predicted octanol–water partition coefficient (Wildman–Crippen LogP) is 1.66. The van der Waals surface area contributed by atoms with E-state index in [1.54, 1.807) is 16.8 Å². The Labute approximate surface area is 153 Å². The number of hydrogen-bond acceptors (Lipinski definition) is 6. The molecule has 26 heavy (non-hydrogen) atoms. The smallest absolute Gasteiger partial charge is 0.251 e. The first-order valence-electron chi connectivity index (χ1n) is 9.02. The number of aromatic nitrogens is 4. The topological polar surface area (TPSA) is 85.2 Å². The summed E-state index contributed by atoms with van der Waals surface area (Å²) >= 11 is 0. The zero-order chi connectivity index (χ0) is 18.5. The molecule has 0 aliphatic carbocycles. The van der Waals surface area contributed by atoms with Crippen LogP contribution in [0.2, 0.25) is 0 Å². The lowest BCUT2D eigenvalue weighted by Gasteiger charge is -2.29. The standard InChI is InChI=1S/C18H26N6O2/c1-13(2)24-17(20-21-22-24)12-26-16-6-4-5-14(11-16)18(25)19-15-7-9-23(3)10-8-15/h4-6,11,13,15H,7-10,12H2,1-3H3,(H,19,25). The van der Waals surface area contributed by atoms with Gasteiger partial charge in [0, 0.05) is 11.6 Å². The van der Waals surface area contributed by atoms with E-state index >= 15 is 0 Å². The number of carbonyl (C=O) groups is 1. The molecule has 1 aliphatic heterocycles. The van der Waals surface area contributed by atoms with Crippen LogP contribution in [0.5, 0.6) is 5.75 Å². The van der Waals surface area contributed by atoms with Crippen LogP contribution in [0.25, 0.3) is 0 Å². The van der Waals surface area contributed by atoms with Gasteiger partial charge in [-0.25, -0.2) is 4.68 Å². The zero-order valence-corrected chi connectivity index (χ0v) is 15.6. The van der Waals surface area contributed by atoms with Crippen molar-refractivity contribution in [3.05, 3.63) is 35.7 Å². The molecular weight excluding hydrogens is 332 g/mol. The van der Waals surface area contributed by atoms with Crippen LogP contribution in [0.1, 0.15) is 48.9 Å². The van der Waals surface area contributed by atoms with Crippen LogP contribution < -0.4 is 10.1 Å². The number of nitrogens with one attached hydrogen (secondary N) is 1. The number of ether oxygens (including phenoxy) is 1. The number of likely N-dealkylation sites (tertiary alicyclic amines) is 1. The summed E-state index contributed by atoms with van der Waals surface area (Å²) < 4.78 is 7.50. The Bertz CT molecular complexity index is 737. The van der Waals surface area contributed by atoms with Crippen molar-refractivity contribution in [3.8, 4) is 5.75 Å². The van der Waals surface area contributed by atoms with Crippen molar-refractivity contribution >= 4 is 5.91 Å². The molecule has 0 saturated carbocycles. The van der Waals surface area contributed by atoms with Gasteiger partial charge < -0.3 is 15.0 Å². The fourth-order valence-electron chi connectivity index (χ4n) is 3.01. The molecule has 1 aromatic carbocycles. The van der Waals surface area contributed by atoms with Gasteiger partial charge in [-0.2, -0.15) is 0 Å². The van der Waals surface area contributed by atoms with E-state index in [0.29, 0.717) is 17.1 Å². The highest BCUT2D eigenvalue weighted by atomic mass is 16.5. The molecule has 3 rings (SSSR count). The third-order valence-electron chi connectivity index (χ3n) is 4.57. The largest absolute Gasteiger partial charge is 0.486 e. The van der Waals surface area contributed by atoms with Crippen molar-refractivity contribution in [2.75, 3.05) is 20.1 Å². The number of hydrogen-bond donors (Lipinski definition) is 1. The van der Waals surface area contributed by atoms with Crippen molar-refractivity contribution in [1.29, 1.82) is 0 Å². The Morgan fingerprint density at radius 2 is 2.12 bits per heavy atom. The molecule has 0 bridgehead atoms. The molecule has 0 unspecified atom stereocenters. The quantitative estimate of drug-likeness (QED) is 0.845. The van der Waals surface area contributed by atoms with Crippen molar-refractivity contribution in [2.45, 2.75) is 45.4 Å². The lowest BCUT2D eigenvalue weighted by atomic mass is 10.0. The number of rotatable bonds is 6. The van der Waals surface area contributed by atoms with Gasteiger partial charge in [-0.1, -0.05) is 6.07 Å². The van der Waals surface area contributed by atoms with E-state index < -0.39 is 0 Å². The number of amides is 1. The highest BCUT2D eigenvalue weighted by Gasteiger charge is 2.19. The molecule has 2 aromatic rings. The SMILES string of the molecule is CC(C)n1nnnc1COc1cccc(C(=O)NC2CCN(C)CC2)c1. The highest BCUT2D eigenvalue weighted by Crippen LogP contribution is 2.16. The first-order valence-corrected chi connectivity index (χ1v) is 9.02. The Morgan fingerprint density at radius 1 is 1.35 bits per heavy atom. The van der Waals surface area contributed by atoms with Gasteiger partial charge in [-0.05, 0) is 75.5 Å². The summed E-state index contributed by atoms with van der Waals surface area (Å²) in [5.74, 6) is 1.22. The maximum atomic E-state index is 12.5. The average Bonchev–Trinajstić information content (AvgIpc) is 3.11. The van der Waals surface area contributed by atoms with Crippen LogP contribution in [-0.2, 0) is 6.61 Å². The Hall–Kier alpha value is -2.48. The molecule has 1 fully saturated rings. The predicted molar refractivity (Wildman–Crippen MR) is 97.0 cm³/mol. The van der Waals surface area contributed by atoms with Crippen LogP contribution >= 0.6 is 0 Å². The second-order valence-electron chi connectivity index (χ2n) is 7.00. The molecule has 2 heterocycles. The summed E-state index contributed by atoms with van der Waals surface area (Å²) in [6, 6.07) is 7.61. The number of piperidine rings is 1. The number of nitrogens with zero attached hydrogens (tertiary/aromatic N) is 5. The fourth-order valence-corrected chi connectivity index (χ4v) is 3.01. The minimum atomic E-state index is -0.0583. The van der Waals surface area contributed by atoms with Crippen LogP contribution in [0.4, 0.5) is 0 Å². The highest BCUT2D eigenvalue weighted by molar-refractivity contribution is 5.94. The van der Waals surface area contributed by atoms with Gasteiger partial charge in [-0.15, -0.1) is 5.10 Å². The molecule has 1 saturated heterocycles. The monoisotopic (exact) mass is 358 g/mol. The van der Waals surface area contributed by atoms with Crippen molar-refractivity contribution in [2.24, 2.45) is 0 Å². The molecule has 8 nitrogen and oxygen atoms in total. The lowest BCUT2D eigenvalue weighted by Crippen LogP contribution is -2.43. The van der Waals surface area contributed by atoms with Gasteiger partial charge >= 0.3 is 0 Å². The van der Waals surface area contributed by atoms with Crippen molar-refractivity contribution in [1.82, 2.24) is 30.4 Å². The van der Waals surface area contributed by atoms with Gasteiger partial charge in [0.15, 0.2) is 5.82 Å². The maximum absolute atomic E-state index is 12.5. The Morgan fingerprint density at radius 3 is 2.85 bits per heavy atom. The average molecular weight is 358 g/mol. The van der Waals surface area contributed by atoms with Gasteiger partial charge in [0.05, 0.1) is 6.04 Å². The van der Waals surface area contributed by atoms with Gasteiger partial charge in [0.1, 0.15) is 12.4 Å². The van der Waals surface area contributed by atoms with E-state index in [2.05, 4.69) is 32.8 Å². The molecule has 0 spiro atoms. The molecule has 0 atom stereocenters. The summed E-state index contributed by atoms with van der Waals surface area (Å²) in [5.41, 5.74) is 0.602. The molecule has 1 N–H and O–H groups in total. The molecule has 0 radical (unpaired) electrons. The summed E-state index contributed by atoms with van der Waals surface area (Å²) in [7, 11) is 2.11. The minimum absolute atomic E-state index is 0.0583. The number of tetrazole rings is 1. The summed E-state index contributed by atoms with van der Waals surface area (Å²) in [5, 5.41) is 14.7. The van der Waals surface area contributed by atoms with E-state index in [1.807, 2.05) is 26.0 Å². The van der Waals surface area contributed by atoms with E-state index in [9.17, 15) is 4.79 Å². The maximum Gasteiger partial charge on any atom is 0.251 e.